The molecule has 0 saturated carbocycles. The third-order valence-electron chi connectivity index (χ3n) is 3.87. The molecule has 0 aliphatic rings. The summed E-state index contributed by atoms with van der Waals surface area (Å²) in [5.41, 5.74) is 2.39. The first-order valence-corrected chi connectivity index (χ1v) is 8.71. The van der Waals surface area contributed by atoms with Crippen molar-refractivity contribution >= 4 is 23.5 Å². The zero-order valence-corrected chi connectivity index (χ0v) is 15.5. The number of benzene rings is 2. The number of hydrogen-bond donors (Lipinski definition) is 0. The maximum absolute atomic E-state index is 12.1. The summed E-state index contributed by atoms with van der Waals surface area (Å²) in [5, 5.41) is 0.688. The van der Waals surface area contributed by atoms with Gasteiger partial charge in [-0.25, -0.2) is 0 Å². The van der Waals surface area contributed by atoms with Crippen molar-refractivity contribution in [2.45, 2.75) is 6.61 Å². The first-order chi connectivity index (χ1) is 13.2. The SMILES string of the molecule is COc1cc(/C=C/C(=O)c2cccnc2)ccc1OCc1ccc(Cl)cc1. The first kappa shape index (κ1) is 18.7. The fourth-order valence-corrected chi connectivity index (χ4v) is 2.55. The van der Waals surface area contributed by atoms with Crippen molar-refractivity contribution < 1.29 is 14.3 Å². The Labute approximate surface area is 163 Å². The van der Waals surface area contributed by atoms with E-state index >= 15 is 0 Å². The van der Waals surface area contributed by atoms with Crippen molar-refractivity contribution in [3.8, 4) is 11.5 Å². The molecule has 0 unspecified atom stereocenters. The average Bonchev–Trinajstić information content (AvgIpc) is 2.72. The number of aromatic nitrogens is 1. The van der Waals surface area contributed by atoms with Gasteiger partial charge in [-0.2, -0.15) is 0 Å². The Morgan fingerprint density at radius 3 is 2.63 bits per heavy atom. The standard InChI is InChI=1S/C22H18ClNO3/c1-26-22-13-16(6-10-20(25)18-3-2-12-24-14-18)7-11-21(22)27-15-17-4-8-19(23)9-5-17/h2-14H,15H2,1H3/b10-6+. The molecule has 3 aromatic rings. The molecule has 5 heteroatoms. The topological polar surface area (TPSA) is 48.4 Å². The second-order valence-corrected chi connectivity index (χ2v) is 6.20. The van der Waals surface area contributed by atoms with Gasteiger partial charge in [0.15, 0.2) is 17.3 Å². The normalized spacial score (nSPS) is 10.7. The Hall–Kier alpha value is -3.11. The highest BCUT2D eigenvalue weighted by Crippen LogP contribution is 2.29. The van der Waals surface area contributed by atoms with Gasteiger partial charge in [0.2, 0.25) is 0 Å². The lowest BCUT2D eigenvalue weighted by Crippen LogP contribution is -1.98. The molecule has 136 valence electrons. The van der Waals surface area contributed by atoms with Crippen molar-refractivity contribution in [1.82, 2.24) is 4.98 Å². The van der Waals surface area contributed by atoms with E-state index in [1.54, 1.807) is 37.7 Å². The average molecular weight is 380 g/mol. The lowest BCUT2D eigenvalue weighted by Gasteiger charge is -2.11. The number of carbonyl (C=O) groups is 1. The minimum Gasteiger partial charge on any atom is -0.493 e. The predicted molar refractivity (Wildman–Crippen MR) is 106 cm³/mol. The summed E-state index contributed by atoms with van der Waals surface area (Å²) >= 11 is 5.89. The van der Waals surface area contributed by atoms with Crippen molar-refractivity contribution in [2.24, 2.45) is 0 Å². The molecule has 0 aliphatic carbocycles. The Bertz CT molecular complexity index is 938. The molecule has 4 nitrogen and oxygen atoms in total. The number of nitrogens with zero attached hydrogens (tertiary/aromatic N) is 1. The zero-order chi connectivity index (χ0) is 19.1. The molecule has 0 radical (unpaired) electrons. The Morgan fingerprint density at radius 2 is 1.93 bits per heavy atom. The van der Waals surface area contributed by atoms with Gasteiger partial charge in [-0.05, 0) is 53.6 Å². The number of hydrogen-bond acceptors (Lipinski definition) is 4. The van der Waals surface area contributed by atoms with Crippen LogP contribution >= 0.6 is 11.6 Å². The highest BCUT2D eigenvalue weighted by Gasteiger charge is 2.06. The number of pyridine rings is 1. The van der Waals surface area contributed by atoms with Crippen LogP contribution in [0.4, 0.5) is 0 Å². The van der Waals surface area contributed by atoms with E-state index in [0.717, 1.165) is 11.1 Å². The maximum Gasteiger partial charge on any atom is 0.187 e. The van der Waals surface area contributed by atoms with Gasteiger partial charge in [-0.1, -0.05) is 35.9 Å². The van der Waals surface area contributed by atoms with E-state index < -0.39 is 0 Å². The van der Waals surface area contributed by atoms with Crippen LogP contribution in [-0.4, -0.2) is 17.9 Å². The molecule has 1 heterocycles. The van der Waals surface area contributed by atoms with E-state index in [-0.39, 0.29) is 5.78 Å². The van der Waals surface area contributed by atoms with Crippen molar-refractivity contribution in [3.05, 3.63) is 94.8 Å². The van der Waals surface area contributed by atoms with Gasteiger partial charge in [-0.3, -0.25) is 9.78 Å². The van der Waals surface area contributed by atoms with Gasteiger partial charge in [0, 0.05) is 23.0 Å². The van der Waals surface area contributed by atoms with Gasteiger partial charge in [-0.15, -0.1) is 0 Å². The summed E-state index contributed by atoms with van der Waals surface area (Å²) in [6.45, 7) is 0.405. The summed E-state index contributed by atoms with van der Waals surface area (Å²) in [7, 11) is 1.58. The molecule has 0 fully saturated rings. The lowest BCUT2D eigenvalue weighted by atomic mass is 10.1. The van der Waals surface area contributed by atoms with E-state index in [9.17, 15) is 4.79 Å². The van der Waals surface area contributed by atoms with E-state index in [1.807, 2.05) is 42.5 Å². The quantitative estimate of drug-likeness (QED) is 0.417. The highest BCUT2D eigenvalue weighted by molar-refractivity contribution is 6.30. The lowest BCUT2D eigenvalue weighted by molar-refractivity contribution is 0.104. The summed E-state index contributed by atoms with van der Waals surface area (Å²) in [4.78, 5) is 16.1. The summed E-state index contributed by atoms with van der Waals surface area (Å²) in [6.07, 6.45) is 6.43. The van der Waals surface area contributed by atoms with Crippen LogP contribution in [0.25, 0.3) is 6.08 Å². The van der Waals surface area contributed by atoms with E-state index in [0.29, 0.717) is 28.7 Å². The molecular weight excluding hydrogens is 362 g/mol. The molecule has 0 amide bonds. The Balaban J connectivity index is 1.69. The van der Waals surface area contributed by atoms with Crippen molar-refractivity contribution in [1.29, 1.82) is 0 Å². The second kappa shape index (κ2) is 9.01. The molecule has 27 heavy (non-hydrogen) atoms. The number of methoxy groups -OCH3 is 1. The third-order valence-corrected chi connectivity index (χ3v) is 4.12. The van der Waals surface area contributed by atoms with Crippen LogP contribution in [0.3, 0.4) is 0 Å². The van der Waals surface area contributed by atoms with Crippen LogP contribution in [0.5, 0.6) is 11.5 Å². The number of allylic oxidation sites excluding steroid dienone is 1. The molecule has 0 aliphatic heterocycles. The molecule has 3 rings (SSSR count). The van der Waals surface area contributed by atoms with Gasteiger partial charge >= 0.3 is 0 Å². The van der Waals surface area contributed by atoms with Gasteiger partial charge in [0.1, 0.15) is 6.61 Å². The van der Waals surface area contributed by atoms with E-state index in [1.165, 1.54) is 6.08 Å². The summed E-state index contributed by atoms with van der Waals surface area (Å²) < 4.78 is 11.2. The summed E-state index contributed by atoms with van der Waals surface area (Å²) in [5.74, 6) is 1.12. The number of halogens is 1. The number of ketones is 1. The fraction of sp³-hybridized carbons (Fsp3) is 0.0909. The highest BCUT2D eigenvalue weighted by atomic mass is 35.5. The molecule has 0 bridgehead atoms. The van der Waals surface area contributed by atoms with E-state index in [2.05, 4.69) is 4.98 Å². The molecular formula is C22H18ClNO3. The molecule has 0 saturated heterocycles. The maximum atomic E-state index is 12.1. The summed E-state index contributed by atoms with van der Waals surface area (Å²) in [6, 6.07) is 16.5. The Morgan fingerprint density at radius 1 is 1.11 bits per heavy atom. The third kappa shape index (κ3) is 5.19. The zero-order valence-electron chi connectivity index (χ0n) is 14.8. The van der Waals surface area contributed by atoms with Crippen LogP contribution in [0.15, 0.2) is 73.1 Å². The molecule has 2 aromatic carbocycles. The number of carbonyl (C=O) groups excluding carboxylic acids is 1. The smallest absolute Gasteiger partial charge is 0.187 e. The minimum absolute atomic E-state index is 0.106. The first-order valence-electron chi connectivity index (χ1n) is 8.33. The van der Waals surface area contributed by atoms with E-state index in [4.69, 9.17) is 21.1 Å². The number of ether oxygens (including phenoxy) is 2. The van der Waals surface area contributed by atoms with Gasteiger partial charge < -0.3 is 9.47 Å². The second-order valence-electron chi connectivity index (χ2n) is 5.76. The van der Waals surface area contributed by atoms with Crippen molar-refractivity contribution in [2.75, 3.05) is 7.11 Å². The predicted octanol–water partition coefficient (Wildman–Crippen LogP) is 5.22. The fourth-order valence-electron chi connectivity index (χ4n) is 2.43. The Kier molecular flexibility index (Phi) is 6.23. The van der Waals surface area contributed by atoms with Gasteiger partial charge in [0.05, 0.1) is 7.11 Å². The number of rotatable bonds is 7. The van der Waals surface area contributed by atoms with Crippen molar-refractivity contribution in [3.63, 3.8) is 0 Å². The van der Waals surface area contributed by atoms with Crippen LogP contribution in [0, 0.1) is 0 Å². The molecule has 0 N–H and O–H groups in total. The van der Waals surface area contributed by atoms with Crippen LogP contribution < -0.4 is 9.47 Å². The van der Waals surface area contributed by atoms with Crippen LogP contribution in [-0.2, 0) is 6.61 Å². The minimum atomic E-state index is -0.106. The van der Waals surface area contributed by atoms with Gasteiger partial charge in [0.25, 0.3) is 0 Å². The largest absolute Gasteiger partial charge is 0.493 e. The molecule has 0 atom stereocenters. The molecule has 1 aromatic heterocycles. The van der Waals surface area contributed by atoms with Crippen LogP contribution in [0.2, 0.25) is 5.02 Å². The monoisotopic (exact) mass is 379 g/mol. The van der Waals surface area contributed by atoms with Crippen LogP contribution in [0.1, 0.15) is 21.5 Å². The molecule has 0 spiro atoms.